The summed E-state index contributed by atoms with van der Waals surface area (Å²) >= 11 is 3.05. The molecule has 1 rings (SSSR count). The summed E-state index contributed by atoms with van der Waals surface area (Å²) in [4.78, 5) is 12.8. The Morgan fingerprint density at radius 2 is 2.00 bits per heavy atom. The van der Waals surface area contributed by atoms with Crippen molar-refractivity contribution < 1.29 is 22.7 Å². The third-order valence-corrected chi connectivity index (χ3v) is 2.97. The molecule has 0 bridgehead atoms. The van der Waals surface area contributed by atoms with E-state index in [-0.39, 0.29) is 13.0 Å². The van der Waals surface area contributed by atoms with Crippen LogP contribution in [0.1, 0.15) is 5.56 Å². The molecule has 0 aliphatic rings. The molecule has 0 spiro atoms. The summed E-state index contributed by atoms with van der Waals surface area (Å²) < 4.78 is 42.4. The van der Waals surface area contributed by atoms with E-state index in [1.807, 2.05) is 0 Å². The molecule has 0 saturated carbocycles. The molecule has 0 saturated heterocycles. The van der Waals surface area contributed by atoms with Crippen LogP contribution in [0, 0.1) is 0 Å². The van der Waals surface area contributed by atoms with Gasteiger partial charge in [-0.1, -0.05) is 34.1 Å². The summed E-state index contributed by atoms with van der Waals surface area (Å²) in [5.74, 6) is -0.0853. The van der Waals surface area contributed by atoms with E-state index in [2.05, 4.69) is 15.9 Å². The van der Waals surface area contributed by atoms with Crippen molar-refractivity contribution in [2.75, 3.05) is 25.5 Å². The lowest BCUT2D eigenvalue weighted by atomic mass is 10.1. The molecule has 7 heteroatoms. The molecule has 1 amide bonds. The highest BCUT2D eigenvalue weighted by atomic mass is 79.9. The highest BCUT2D eigenvalue weighted by Gasteiger charge is 2.32. The van der Waals surface area contributed by atoms with Crippen LogP contribution in [0.25, 0.3) is 0 Å². The fourth-order valence-corrected chi connectivity index (χ4v) is 2.16. The van der Waals surface area contributed by atoms with Gasteiger partial charge in [-0.3, -0.25) is 4.79 Å². The van der Waals surface area contributed by atoms with Gasteiger partial charge >= 0.3 is 6.18 Å². The van der Waals surface area contributed by atoms with E-state index in [0.717, 1.165) is 4.90 Å². The van der Waals surface area contributed by atoms with Crippen LogP contribution in [0.2, 0.25) is 0 Å². The van der Waals surface area contributed by atoms with Gasteiger partial charge in [-0.05, 0) is 6.07 Å². The van der Waals surface area contributed by atoms with Crippen LogP contribution >= 0.6 is 15.9 Å². The average Bonchev–Trinajstić information content (AvgIpc) is 2.37. The minimum atomic E-state index is -4.40. The number of nitrogens with zero attached hydrogens (tertiary/aromatic N) is 1. The first-order valence-corrected chi connectivity index (χ1v) is 7.02. The van der Waals surface area contributed by atoms with Crippen molar-refractivity contribution in [3.63, 3.8) is 0 Å². The van der Waals surface area contributed by atoms with Crippen molar-refractivity contribution in [2.45, 2.75) is 12.6 Å². The number of amides is 1. The maximum atomic E-state index is 12.4. The smallest absolute Gasteiger partial charge is 0.406 e. The van der Waals surface area contributed by atoms with Crippen molar-refractivity contribution in [2.24, 2.45) is 0 Å². The van der Waals surface area contributed by atoms with Crippen molar-refractivity contribution in [3.05, 3.63) is 29.8 Å². The van der Waals surface area contributed by atoms with Gasteiger partial charge in [-0.15, -0.1) is 0 Å². The van der Waals surface area contributed by atoms with E-state index in [0.29, 0.717) is 16.6 Å². The van der Waals surface area contributed by atoms with E-state index in [1.165, 1.54) is 7.11 Å². The Hall–Kier alpha value is -1.24. The first-order valence-electron chi connectivity index (χ1n) is 5.89. The number of methoxy groups -OCH3 is 1. The summed E-state index contributed by atoms with van der Waals surface area (Å²) in [7, 11) is 1.45. The molecule has 0 aliphatic carbocycles. The summed E-state index contributed by atoms with van der Waals surface area (Å²) in [5, 5.41) is 0.292. The Bertz CT molecular complexity index is 451. The number of alkyl halides is 4. The van der Waals surface area contributed by atoms with Gasteiger partial charge in [0.05, 0.1) is 13.5 Å². The van der Waals surface area contributed by atoms with Crippen LogP contribution in [0.3, 0.4) is 0 Å². The van der Waals surface area contributed by atoms with Gasteiger partial charge in [-0.2, -0.15) is 13.2 Å². The van der Waals surface area contributed by atoms with Crippen molar-refractivity contribution in [1.82, 2.24) is 4.90 Å². The molecule has 0 unspecified atom stereocenters. The average molecular weight is 354 g/mol. The lowest BCUT2D eigenvalue weighted by molar-refractivity contribution is -0.160. The monoisotopic (exact) mass is 353 g/mol. The molecule has 1 aromatic carbocycles. The quantitative estimate of drug-likeness (QED) is 0.735. The Morgan fingerprint density at radius 1 is 1.35 bits per heavy atom. The zero-order chi connectivity index (χ0) is 15.2. The lowest BCUT2D eigenvalue weighted by Gasteiger charge is -2.23. The zero-order valence-electron chi connectivity index (χ0n) is 10.9. The molecule has 0 heterocycles. The lowest BCUT2D eigenvalue weighted by Crippen LogP contribution is -2.40. The molecule has 0 radical (unpaired) electrons. The van der Waals surface area contributed by atoms with Gasteiger partial charge in [0.15, 0.2) is 0 Å². The summed E-state index contributed by atoms with van der Waals surface area (Å²) in [6.45, 7) is -1.24. The van der Waals surface area contributed by atoms with Crippen molar-refractivity contribution >= 4 is 21.8 Å². The van der Waals surface area contributed by atoms with E-state index in [9.17, 15) is 18.0 Å². The highest BCUT2D eigenvalue weighted by molar-refractivity contribution is 9.09. The third kappa shape index (κ3) is 5.40. The Morgan fingerprint density at radius 3 is 2.55 bits per heavy atom. The standard InChI is InChI=1S/C13H15BrF3NO2/c1-20-11-5-3-2-4-10(11)8-12(19)18(7-6-14)9-13(15,16)17/h2-5H,6-9H2,1H3. The fourth-order valence-electron chi connectivity index (χ4n) is 1.73. The third-order valence-electron chi connectivity index (χ3n) is 2.61. The second-order valence-electron chi connectivity index (χ2n) is 4.11. The Kier molecular flexibility index (Phi) is 6.32. The number of hydrogen-bond acceptors (Lipinski definition) is 2. The summed E-state index contributed by atoms with van der Waals surface area (Å²) in [5.41, 5.74) is 0.571. The van der Waals surface area contributed by atoms with Crippen LogP contribution in [-0.4, -0.2) is 42.5 Å². The number of carbonyl (C=O) groups excluding carboxylic acids is 1. The van der Waals surface area contributed by atoms with E-state index >= 15 is 0 Å². The number of para-hydroxylation sites is 1. The molecule has 1 aromatic rings. The minimum Gasteiger partial charge on any atom is -0.496 e. The molecule has 112 valence electrons. The van der Waals surface area contributed by atoms with Gasteiger partial charge in [0.1, 0.15) is 12.3 Å². The largest absolute Gasteiger partial charge is 0.496 e. The predicted octanol–water partition coefficient (Wildman–Crippen LogP) is 3.02. The van der Waals surface area contributed by atoms with Crippen molar-refractivity contribution in [1.29, 1.82) is 0 Å². The Balaban J connectivity index is 2.80. The van der Waals surface area contributed by atoms with E-state index in [4.69, 9.17) is 4.74 Å². The molecule has 20 heavy (non-hydrogen) atoms. The molecule has 0 N–H and O–H groups in total. The summed E-state index contributed by atoms with van der Waals surface area (Å²) in [6, 6.07) is 6.78. The first-order chi connectivity index (χ1) is 9.37. The zero-order valence-corrected chi connectivity index (χ0v) is 12.5. The van der Waals surface area contributed by atoms with Crippen LogP contribution < -0.4 is 4.74 Å². The van der Waals surface area contributed by atoms with Crippen LogP contribution in [0.15, 0.2) is 24.3 Å². The number of carbonyl (C=O) groups is 1. The number of benzene rings is 1. The number of rotatable bonds is 6. The molecule has 0 aromatic heterocycles. The van der Waals surface area contributed by atoms with Gasteiger partial charge in [-0.25, -0.2) is 0 Å². The van der Waals surface area contributed by atoms with Crippen molar-refractivity contribution in [3.8, 4) is 5.75 Å². The molecular weight excluding hydrogens is 339 g/mol. The minimum absolute atomic E-state index is 0.00743. The second kappa shape index (κ2) is 7.52. The highest BCUT2D eigenvalue weighted by Crippen LogP contribution is 2.21. The van der Waals surface area contributed by atoms with Crippen LogP contribution in [-0.2, 0) is 11.2 Å². The molecule has 0 aliphatic heterocycles. The van der Waals surface area contributed by atoms with Gasteiger partial charge in [0, 0.05) is 17.4 Å². The van der Waals surface area contributed by atoms with Gasteiger partial charge in [0.25, 0.3) is 0 Å². The molecular formula is C13H15BrF3NO2. The topological polar surface area (TPSA) is 29.5 Å². The number of halogens is 4. The maximum absolute atomic E-state index is 12.4. The number of hydrogen-bond donors (Lipinski definition) is 0. The van der Waals surface area contributed by atoms with Crippen LogP contribution in [0.4, 0.5) is 13.2 Å². The summed E-state index contributed by atoms with van der Waals surface area (Å²) in [6.07, 6.45) is -4.52. The van der Waals surface area contributed by atoms with E-state index in [1.54, 1.807) is 24.3 Å². The number of ether oxygens (including phenoxy) is 1. The molecule has 0 fully saturated rings. The molecule has 3 nitrogen and oxygen atoms in total. The maximum Gasteiger partial charge on any atom is 0.406 e. The second-order valence-corrected chi connectivity index (χ2v) is 4.90. The van der Waals surface area contributed by atoms with Gasteiger partial charge < -0.3 is 9.64 Å². The molecule has 0 atom stereocenters. The predicted molar refractivity (Wildman–Crippen MR) is 73.1 cm³/mol. The Labute approximate surface area is 123 Å². The SMILES string of the molecule is COc1ccccc1CC(=O)N(CCBr)CC(F)(F)F. The fraction of sp³-hybridized carbons (Fsp3) is 0.462. The normalized spacial score (nSPS) is 11.2. The first kappa shape index (κ1) is 16.8. The van der Waals surface area contributed by atoms with Gasteiger partial charge in [0.2, 0.25) is 5.91 Å². The van der Waals surface area contributed by atoms with Crippen LogP contribution in [0.5, 0.6) is 5.75 Å². The van der Waals surface area contributed by atoms with E-state index < -0.39 is 18.6 Å².